The Hall–Kier alpha value is -4.16. The van der Waals surface area contributed by atoms with Gasteiger partial charge in [0.25, 0.3) is 0 Å². The molecule has 1 amide bonds. The second kappa shape index (κ2) is 10.6. The Morgan fingerprint density at radius 3 is 2.35 bits per heavy atom. The van der Waals surface area contributed by atoms with Crippen molar-refractivity contribution in [1.82, 2.24) is 4.98 Å². The van der Waals surface area contributed by atoms with E-state index in [1.165, 1.54) is 6.08 Å². The second-order valence-corrected chi connectivity index (χ2v) is 7.66. The molecule has 4 rings (SSSR count). The van der Waals surface area contributed by atoms with Crippen LogP contribution in [0.1, 0.15) is 23.0 Å². The van der Waals surface area contributed by atoms with Gasteiger partial charge in [-0.15, -0.1) is 0 Å². The molecule has 7 heteroatoms. The summed E-state index contributed by atoms with van der Waals surface area (Å²) < 4.78 is 11.0. The number of halogens is 1. The lowest BCUT2D eigenvalue weighted by atomic mass is 10.1. The van der Waals surface area contributed by atoms with Gasteiger partial charge in [-0.25, -0.2) is 9.78 Å². The topological polar surface area (TPSA) is 81.4 Å². The van der Waals surface area contributed by atoms with Crippen LogP contribution in [0.2, 0.25) is 5.02 Å². The number of aromatic nitrogens is 1. The van der Waals surface area contributed by atoms with Crippen molar-refractivity contribution in [1.29, 1.82) is 0 Å². The van der Waals surface area contributed by atoms with E-state index in [4.69, 9.17) is 20.8 Å². The lowest BCUT2D eigenvalue weighted by Gasteiger charge is -2.04. The quantitative estimate of drug-likeness (QED) is 0.245. The highest BCUT2D eigenvalue weighted by atomic mass is 35.5. The molecule has 34 heavy (non-hydrogen) atoms. The number of oxazole rings is 1. The van der Waals surface area contributed by atoms with E-state index in [0.29, 0.717) is 40.2 Å². The van der Waals surface area contributed by atoms with Crippen LogP contribution < -0.4 is 5.32 Å². The van der Waals surface area contributed by atoms with Gasteiger partial charge < -0.3 is 14.5 Å². The molecule has 0 radical (unpaired) electrons. The number of anilines is 1. The maximum absolute atomic E-state index is 12.5. The molecular weight excluding hydrogens is 452 g/mol. The molecule has 0 saturated carbocycles. The first kappa shape index (κ1) is 23.0. The van der Waals surface area contributed by atoms with E-state index in [0.717, 1.165) is 11.1 Å². The van der Waals surface area contributed by atoms with Crippen LogP contribution in [0.5, 0.6) is 0 Å². The molecule has 0 saturated heterocycles. The van der Waals surface area contributed by atoms with Gasteiger partial charge in [0.2, 0.25) is 11.8 Å². The SMILES string of the molecule is CCOC(=O)c1ccc(NC(=O)/C=C/c2oc(-c3ccccc3)nc2-c2ccc(Cl)cc2)cc1. The zero-order valence-electron chi connectivity index (χ0n) is 18.3. The fourth-order valence-corrected chi connectivity index (χ4v) is 3.33. The summed E-state index contributed by atoms with van der Waals surface area (Å²) in [6.45, 7) is 2.04. The minimum atomic E-state index is -0.408. The lowest BCUT2D eigenvalue weighted by Crippen LogP contribution is -2.08. The normalized spacial score (nSPS) is 10.9. The average molecular weight is 473 g/mol. The first-order valence-corrected chi connectivity index (χ1v) is 11.0. The fourth-order valence-electron chi connectivity index (χ4n) is 3.20. The van der Waals surface area contributed by atoms with Gasteiger partial charge in [-0.2, -0.15) is 0 Å². The highest BCUT2D eigenvalue weighted by Crippen LogP contribution is 2.30. The summed E-state index contributed by atoms with van der Waals surface area (Å²) in [6, 6.07) is 23.2. The second-order valence-electron chi connectivity index (χ2n) is 7.23. The van der Waals surface area contributed by atoms with E-state index in [1.807, 2.05) is 42.5 Å². The molecule has 0 spiro atoms. The molecule has 0 aliphatic carbocycles. The average Bonchev–Trinajstić information content (AvgIpc) is 3.29. The summed E-state index contributed by atoms with van der Waals surface area (Å²) in [5.74, 6) is 0.118. The summed E-state index contributed by atoms with van der Waals surface area (Å²) in [4.78, 5) is 28.9. The number of nitrogens with zero attached hydrogens (tertiary/aromatic N) is 1. The summed E-state index contributed by atoms with van der Waals surface area (Å²) in [6.07, 6.45) is 2.94. The highest BCUT2D eigenvalue weighted by molar-refractivity contribution is 6.30. The summed E-state index contributed by atoms with van der Waals surface area (Å²) in [5.41, 5.74) is 3.19. The molecule has 0 aliphatic heterocycles. The minimum absolute atomic E-state index is 0.299. The number of carbonyl (C=O) groups is 2. The number of esters is 1. The number of hydrogen-bond donors (Lipinski definition) is 1. The molecule has 6 nitrogen and oxygen atoms in total. The van der Waals surface area contributed by atoms with Crippen LogP contribution in [0.3, 0.4) is 0 Å². The Bertz CT molecular complexity index is 1310. The number of hydrogen-bond acceptors (Lipinski definition) is 5. The van der Waals surface area contributed by atoms with Gasteiger partial charge in [0.1, 0.15) is 5.69 Å². The fraction of sp³-hybridized carbons (Fsp3) is 0.0741. The Kier molecular flexibility index (Phi) is 7.20. The molecule has 0 unspecified atom stereocenters. The van der Waals surface area contributed by atoms with Gasteiger partial charge in [-0.05, 0) is 61.5 Å². The monoisotopic (exact) mass is 472 g/mol. The molecule has 0 bridgehead atoms. The first-order chi connectivity index (χ1) is 16.5. The molecule has 3 aromatic carbocycles. The molecule has 4 aromatic rings. The van der Waals surface area contributed by atoms with Gasteiger partial charge in [-0.1, -0.05) is 41.9 Å². The number of nitrogens with one attached hydrogen (secondary N) is 1. The molecule has 1 heterocycles. The largest absolute Gasteiger partial charge is 0.462 e. The number of ether oxygens (including phenoxy) is 1. The van der Waals surface area contributed by atoms with E-state index < -0.39 is 5.97 Å². The number of benzene rings is 3. The van der Waals surface area contributed by atoms with Gasteiger partial charge in [-0.3, -0.25) is 4.79 Å². The molecule has 0 atom stereocenters. The maximum Gasteiger partial charge on any atom is 0.338 e. The Balaban J connectivity index is 1.55. The van der Waals surface area contributed by atoms with Crippen molar-refractivity contribution in [2.75, 3.05) is 11.9 Å². The predicted octanol–water partition coefficient (Wildman–Crippen LogP) is 6.49. The van der Waals surface area contributed by atoms with Crippen LogP contribution in [0.25, 0.3) is 28.8 Å². The maximum atomic E-state index is 12.5. The predicted molar refractivity (Wildman–Crippen MR) is 132 cm³/mol. The Morgan fingerprint density at radius 2 is 1.68 bits per heavy atom. The third-order valence-corrected chi connectivity index (χ3v) is 5.09. The van der Waals surface area contributed by atoms with Crippen molar-refractivity contribution >= 4 is 35.2 Å². The molecular formula is C27H21ClN2O4. The molecule has 0 aliphatic rings. The molecule has 0 fully saturated rings. The number of amides is 1. The van der Waals surface area contributed by atoms with E-state index in [9.17, 15) is 9.59 Å². The van der Waals surface area contributed by atoms with Crippen molar-refractivity contribution < 1.29 is 18.7 Å². The lowest BCUT2D eigenvalue weighted by molar-refractivity contribution is -0.111. The van der Waals surface area contributed by atoms with Gasteiger partial charge in [0, 0.05) is 27.9 Å². The third-order valence-electron chi connectivity index (χ3n) is 4.84. The Morgan fingerprint density at radius 1 is 0.971 bits per heavy atom. The van der Waals surface area contributed by atoms with E-state index in [-0.39, 0.29) is 5.91 Å². The van der Waals surface area contributed by atoms with Crippen LogP contribution in [-0.4, -0.2) is 23.5 Å². The van der Waals surface area contributed by atoms with Crippen molar-refractivity contribution in [3.8, 4) is 22.7 Å². The molecule has 1 N–H and O–H groups in total. The highest BCUT2D eigenvalue weighted by Gasteiger charge is 2.15. The van der Waals surface area contributed by atoms with Gasteiger partial charge in [0.05, 0.1) is 12.2 Å². The van der Waals surface area contributed by atoms with Crippen molar-refractivity contribution in [3.05, 3.63) is 101 Å². The number of carbonyl (C=O) groups excluding carboxylic acids is 2. The minimum Gasteiger partial charge on any atom is -0.462 e. The van der Waals surface area contributed by atoms with Crippen molar-refractivity contribution in [2.45, 2.75) is 6.92 Å². The van der Waals surface area contributed by atoms with E-state index in [2.05, 4.69) is 10.3 Å². The van der Waals surface area contributed by atoms with Crippen LogP contribution >= 0.6 is 11.6 Å². The van der Waals surface area contributed by atoms with E-state index >= 15 is 0 Å². The molecule has 1 aromatic heterocycles. The van der Waals surface area contributed by atoms with Crippen LogP contribution in [0, 0.1) is 0 Å². The van der Waals surface area contributed by atoms with Crippen LogP contribution in [0.15, 0.2) is 89.4 Å². The van der Waals surface area contributed by atoms with Gasteiger partial charge >= 0.3 is 5.97 Å². The first-order valence-electron chi connectivity index (χ1n) is 10.6. The van der Waals surface area contributed by atoms with Crippen LogP contribution in [-0.2, 0) is 9.53 Å². The zero-order valence-corrected chi connectivity index (χ0v) is 19.1. The smallest absolute Gasteiger partial charge is 0.338 e. The number of rotatable bonds is 7. The van der Waals surface area contributed by atoms with E-state index in [1.54, 1.807) is 49.4 Å². The molecule has 170 valence electrons. The summed E-state index contributed by atoms with van der Waals surface area (Å²) >= 11 is 6.03. The Labute approximate surface area is 201 Å². The summed E-state index contributed by atoms with van der Waals surface area (Å²) in [5, 5.41) is 3.37. The van der Waals surface area contributed by atoms with Crippen molar-refractivity contribution in [2.24, 2.45) is 0 Å². The standard InChI is InChI=1S/C27H21ClN2O4/c1-2-33-27(32)20-10-14-22(15-11-20)29-24(31)17-16-23-25(18-8-12-21(28)13-9-18)30-26(34-23)19-6-4-3-5-7-19/h3-17H,2H2,1H3,(H,29,31)/b17-16+. The van der Waals surface area contributed by atoms with Gasteiger partial charge in [0.15, 0.2) is 5.76 Å². The summed E-state index contributed by atoms with van der Waals surface area (Å²) in [7, 11) is 0. The zero-order chi connectivity index (χ0) is 23.9. The third kappa shape index (κ3) is 5.60. The van der Waals surface area contributed by atoms with Crippen molar-refractivity contribution in [3.63, 3.8) is 0 Å². The van der Waals surface area contributed by atoms with Crippen LogP contribution in [0.4, 0.5) is 5.69 Å².